The van der Waals surface area contributed by atoms with Gasteiger partial charge in [-0.25, -0.2) is 0 Å². The molecule has 0 spiro atoms. The Hall–Kier alpha value is -0.500. The molecule has 0 radical (unpaired) electrons. The van der Waals surface area contributed by atoms with Crippen molar-refractivity contribution >= 4 is 0 Å². The molecule has 2 saturated carbocycles. The molecular formula is C14H23NO. The summed E-state index contributed by atoms with van der Waals surface area (Å²) in [6.07, 6.45) is 12.8. The van der Waals surface area contributed by atoms with Crippen molar-refractivity contribution in [3.63, 3.8) is 0 Å². The Morgan fingerprint density at radius 1 is 1.12 bits per heavy atom. The first kappa shape index (κ1) is 10.6. The van der Waals surface area contributed by atoms with Gasteiger partial charge in [0.05, 0.1) is 6.26 Å². The molecule has 4 atom stereocenters. The molecule has 16 heavy (non-hydrogen) atoms. The summed E-state index contributed by atoms with van der Waals surface area (Å²) in [4.78, 5) is 0. The molecule has 0 aromatic rings. The lowest BCUT2D eigenvalue weighted by Gasteiger charge is -2.24. The summed E-state index contributed by atoms with van der Waals surface area (Å²) < 4.78 is 5.56. The van der Waals surface area contributed by atoms with Crippen LogP contribution in [0, 0.1) is 17.8 Å². The number of ether oxygens (including phenoxy) is 1. The quantitative estimate of drug-likeness (QED) is 0.788. The third kappa shape index (κ3) is 2.27. The van der Waals surface area contributed by atoms with E-state index in [0.29, 0.717) is 6.10 Å². The molecule has 3 aliphatic rings. The molecule has 1 N–H and O–H groups in total. The Labute approximate surface area is 98.4 Å². The molecule has 0 amide bonds. The van der Waals surface area contributed by atoms with Crippen LogP contribution >= 0.6 is 0 Å². The molecule has 2 fully saturated rings. The van der Waals surface area contributed by atoms with Crippen molar-refractivity contribution in [3.05, 3.63) is 12.3 Å². The summed E-state index contributed by atoms with van der Waals surface area (Å²) in [6.45, 7) is 2.27. The number of nitrogens with one attached hydrogen (secondary N) is 1. The summed E-state index contributed by atoms with van der Waals surface area (Å²) in [6, 6.07) is 0. The smallest absolute Gasteiger partial charge is 0.110 e. The standard InChI is InChI=1S/C14H23NO/c1-2-6-16-14(3-1)10-15-9-13-8-11-4-5-12(13)7-11/h2,6,11-15H,1,3-5,7-10H2. The van der Waals surface area contributed by atoms with Crippen LogP contribution in [0.25, 0.3) is 0 Å². The maximum absolute atomic E-state index is 5.56. The van der Waals surface area contributed by atoms with Crippen molar-refractivity contribution in [1.82, 2.24) is 5.32 Å². The van der Waals surface area contributed by atoms with E-state index < -0.39 is 0 Å². The molecule has 0 saturated heterocycles. The van der Waals surface area contributed by atoms with E-state index in [1.807, 2.05) is 6.26 Å². The molecule has 1 aliphatic heterocycles. The maximum Gasteiger partial charge on any atom is 0.110 e. The van der Waals surface area contributed by atoms with Crippen LogP contribution in [-0.4, -0.2) is 19.2 Å². The Kier molecular flexibility index (Phi) is 3.18. The normalized spacial score (nSPS) is 41.2. The highest BCUT2D eigenvalue weighted by atomic mass is 16.5. The van der Waals surface area contributed by atoms with E-state index in [9.17, 15) is 0 Å². The van der Waals surface area contributed by atoms with E-state index in [-0.39, 0.29) is 0 Å². The zero-order valence-corrected chi connectivity index (χ0v) is 10.0. The van der Waals surface area contributed by atoms with Crippen molar-refractivity contribution in [2.24, 2.45) is 17.8 Å². The van der Waals surface area contributed by atoms with Gasteiger partial charge in [-0.05, 0) is 62.5 Å². The predicted molar refractivity (Wildman–Crippen MR) is 65.1 cm³/mol. The second-order valence-electron chi connectivity index (χ2n) is 5.80. The lowest BCUT2D eigenvalue weighted by atomic mass is 9.89. The summed E-state index contributed by atoms with van der Waals surface area (Å²) in [7, 11) is 0. The second kappa shape index (κ2) is 4.79. The first-order chi connectivity index (χ1) is 7.92. The van der Waals surface area contributed by atoms with E-state index in [4.69, 9.17) is 4.74 Å². The topological polar surface area (TPSA) is 21.3 Å². The van der Waals surface area contributed by atoms with Gasteiger partial charge in [0.25, 0.3) is 0 Å². The summed E-state index contributed by atoms with van der Waals surface area (Å²) in [5, 5.41) is 3.62. The van der Waals surface area contributed by atoms with Crippen LogP contribution in [0.4, 0.5) is 0 Å². The molecular weight excluding hydrogens is 198 g/mol. The fourth-order valence-corrected chi connectivity index (χ4v) is 3.79. The Morgan fingerprint density at radius 2 is 2.12 bits per heavy atom. The fourth-order valence-electron chi connectivity index (χ4n) is 3.79. The predicted octanol–water partition coefficient (Wildman–Crippen LogP) is 2.70. The first-order valence-electron chi connectivity index (χ1n) is 6.93. The minimum absolute atomic E-state index is 0.420. The van der Waals surface area contributed by atoms with Crippen LogP contribution in [0.3, 0.4) is 0 Å². The van der Waals surface area contributed by atoms with Crippen LogP contribution < -0.4 is 5.32 Å². The SMILES string of the molecule is C1=COC(CNCC2CC3CCC2C3)CC1. The molecule has 2 nitrogen and oxygen atoms in total. The van der Waals surface area contributed by atoms with Crippen molar-refractivity contribution in [3.8, 4) is 0 Å². The molecule has 2 bridgehead atoms. The Morgan fingerprint density at radius 3 is 2.81 bits per heavy atom. The third-order valence-electron chi connectivity index (χ3n) is 4.69. The van der Waals surface area contributed by atoms with Crippen LogP contribution in [-0.2, 0) is 4.74 Å². The van der Waals surface area contributed by atoms with E-state index in [0.717, 1.165) is 24.3 Å². The largest absolute Gasteiger partial charge is 0.497 e. The number of fused-ring (bicyclic) bond motifs is 2. The van der Waals surface area contributed by atoms with Crippen molar-refractivity contribution in [2.75, 3.05) is 13.1 Å². The zero-order valence-electron chi connectivity index (χ0n) is 10.0. The van der Waals surface area contributed by atoms with Gasteiger partial charge >= 0.3 is 0 Å². The highest BCUT2D eigenvalue weighted by Gasteiger charge is 2.38. The Bertz CT molecular complexity index is 263. The minimum Gasteiger partial charge on any atom is -0.497 e. The zero-order chi connectivity index (χ0) is 10.8. The van der Waals surface area contributed by atoms with Crippen molar-refractivity contribution < 1.29 is 4.74 Å². The Balaban J connectivity index is 1.36. The van der Waals surface area contributed by atoms with Crippen LogP contribution in [0.2, 0.25) is 0 Å². The van der Waals surface area contributed by atoms with Gasteiger partial charge in [-0.1, -0.05) is 6.42 Å². The monoisotopic (exact) mass is 221 g/mol. The van der Waals surface area contributed by atoms with Gasteiger partial charge in [0.2, 0.25) is 0 Å². The van der Waals surface area contributed by atoms with E-state index in [1.165, 1.54) is 45.1 Å². The highest BCUT2D eigenvalue weighted by Crippen LogP contribution is 2.47. The molecule has 4 unspecified atom stereocenters. The number of hydrogen-bond acceptors (Lipinski definition) is 2. The molecule has 2 heteroatoms. The van der Waals surface area contributed by atoms with Gasteiger partial charge < -0.3 is 10.1 Å². The lowest BCUT2D eigenvalue weighted by molar-refractivity contribution is 0.120. The van der Waals surface area contributed by atoms with Crippen LogP contribution in [0.1, 0.15) is 38.5 Å². The average molecular weight is 221 g/mol. The molecule has 1 heterocycles. The maximum atomic E-state index is 5.56. The molecule has 90 valence electrons. The number of allylic oxidation sites excluding steroid dienone is 1. The summed E-state index contributed by atoms with van der Waals surface area (Å²) >= 11 is 0. The van der Waals surface area contributed by atoms with Gasteiger partial charge in [-0.15, -0.1) is 0 Å². The van der Waals surface area contributed by atoms with E-state index in [1.54, 1.807) is 0 Å². The van der Waals surface area contributed by atoms with Crippen molar-refractivity contribution in [2.45, 2.75) is 44.6 Å². The average Bonchev–Trinajstić information content (AvgIpc) is 2.92. The first-order valence-corrected chi connectivity index (χ1v) is 6.93. The fraction of sp³-hybridized carbons (Fsp3) is 0.857. The number of rotatable bonds is 4. The van der Waals surface area contributed by atoms with Crippen LogP contribution in [0.5, 0.6) is 0 Å². The van der Waals surface area contributed by atoms with Crippen molar-refractivity contribution in [1.29, 1.82) is 0 Å². The number of hydrogen-bond donors (Lipinski definition) is 1. The van der Waals surface area contributed by atoms with Gasteiger partial charge in [0.15, 0.2) is 0 Å². The van der Waals surface area contributed by atoms with Gasteiger partial charge in [0.1, 0.15) is 6.10 Å². The van der Waals surface area contributed by atoms with Crippen LogP contribution in [0.15, 0.2) is 12.3 Å². The lowest BCUT2D eigenvalue weighted by Crippen LogP contribution is -2.34. The molecule has 2 aliphatic carbocycles. The molecule has 3 rings (SSSR count). The van der Waals surface area contributed by atoms with E-state index >= 15 is 0 Å². The minimum atomic E-state index is 0.420. The molecule has 0 aromatic carbocycles. The van der Waals surface area contributed by atoms with Gasteiger partial charge in [-0.2, -0.15) is 0 Å². The summed E-state index contributed by atoms with van der Waals surface area (Å²) in [5.74, 6) is 3.09. The second-order valence-corrected chi connectivity index (χ2v) is 5.80. The van der Waals surface area contributed by atoms with E-state index in [2.05, 4.69) is 11.4 Å². The van der Waals surface area contributed by atoms with Gasteiger partial charge in [-0.3, -0.25) is 0 Å². The van der Waals surface area contributed by atoms with Gasteiger partial charge in [0, 0.05) is 6.54 Å². The molecule has 0 aromatic heterocycles. The summed E-state index contributed by atoms with van der Waals surface area (Å²) in [5.41, 5.74) is 0. The highest BCUT2D eigenvalue weighted by molar-refractivity contribution is 4.91. The third-order valence-corrected chi connectivity index (χ3v) is 4.69.